The van der Waals surface area contributed by atoms with Crippen LogP contribution in [0.4, 0.5) is 0 Å². The standard InChI is InChI=1S/C6H14N2O2/c7-4-2-1-3-5(8)6(9)10/h5H,1-4,7-8H2,(H,9,10)/i7+1. The Kier molecular flexibility index (Phi) is 4.88. The first kappa shape index (κ1) is 9.39. The van der Waals surface area contributed by atoms with Crippen molar-refractivity contribution in [1.29, 1.82) is 0 Å². The first-order valence-electron chi connectivity index (χ1n) is 3.37. The van der Waals surface area contributed by atoms with Gasteiger partial charge in [0.15, 0.2) is 0 Å². The lowest BCUT2D eigenvalue weighted by Crippen LogP contribution is -2.29. The van der Waals surface area contributed by atoms with E-state index in [1.807, 2.05) is 0 Å². The van der Waals surface area contributed by atoms with E-state index in [-0.39, 0.29) is 0 Å². The summed E-state index contributed by atoms with van der Waals surface area (Å²) in [5.74, 6) is -0.933. The van der Waals surface area contributed by atoms with E-state index in [2.05, 4.69) is 0 Å². The number of aliphatic carboxylic acids is 1. The van der Waals surface area contributed by atoms with Crippen molar-refractivity contribution < 1.29 is 9.90 Å². The number of rotatable bonds is 5. The van der Waals surface area contributed by atoms with Gasteiger partial charge in [-0.2, -0.15) is 0 Å². The van der Waals surface area contributed by atoms with Crippen molar-refractivity contribution in [1.82, 2.24) is 0 Å². The minimum absolute atomic E-state index is 0.520. The lowest BCUT2D eigenvalue weighted by Gasteiger charge is -2.03. The molecule has 0 amide bonds. The summed E-state index contributed by atoms with van der Waals surface area (Å²) in [4.78, 5) is 10.1. The Labute approximate surface area is 60.2 Å². The molecule has 60 valence electrons. The minimum Gasteiger partial charge on any atom is -0.480 e. The monoisotopic (exact) mass is 147 g/mol. The predicted molar refractivity (Wildman–Crippen MR) is 38.5 cm³/mol. The molecular formula is C6H14N2O2. The van der Waals surface area contributed by atoms with E-state index in [9.17, 15) is 4.79 Å². The van der Waals surface area contributed by atoms with Gasteiger partial charge in [-0.15, -0.1) is 0 Å². The van der Waals surface area contributed by atoms with Gasteiger partial charge in [-0.1, -0.05) is 6.42 Å². The molecule has 0 radical (unpaired) electrons. The van der Waals surface area contributed by atoms with Gasteiger partial charge >= 0.3 is 5.97 Å². The Bertz CT molecular complexity index is 106. The van der Waals surface area contributed by atoms with Gasteiger partial charge in [0.1, 0.15) is 6.04 Å². The molecule has 4 heteroatoms. The number of hydrogen-bond acceptors (Lipinski definition) is 3. The zero-order chi connectivity index (χ0) is 7.98. The molecule has 10 heavy (non-hydrogen) atoms. The Morgan fingerprint density at radius 2 is 2.10 bits per heavy atom. The van der Waals surface area contributed by atoms with Crippen LogP contribution in [0.25, 0.3) is 0 Å². The molecule has 0 aliphatic rings. The molecule has 5 N–H and O–H groups in total. The van der Waals surface area contributed by atoms with Crippen molar-refractivity contribution in [3.8, 4) is 0 Å². The van der Waals surface area contributed by atoms with Crippen molar-refractivity contribution >= 4 is 5.97 Å². The summed E-state index contributed by atoms with van der Waals surface area (Å²) in [6.07, 6.45) is 2.16. The van der Waals surface area contributed by atoms with Crippen LogP contribution in [0, 0.1) is 0 Å². The second kappa shape index (κ2) is 5.20. The van der Waals surface area contributed by atoms with Gasteiger partial charge in [0.2, 0.25) is 0 Å². The number of carboxylic acid groups (broad SMARTS) is 1. The fourth-order valence-electron chi connectivity index (χ4n) is 0.632. The molecule has 0 rings (SSSR count). The maximum atomic E-state index is 10.1. The molecule has 0 spiro atoms. The molecule has 0 heterocycles. The second-order valence-corrected chi connectivity index (χ2v) is 2.23. The zero-order valence-corrected chi connectivity index (χ0v) is 5.92. The second-order valence-electron chi connectivity index (χ2n) is 2.23. The van der Waals surface area contributed by atoms with Gasteiger partial charge in [-0.3, -0.25) is 4.79 Å². The summed E-state index contributed by atoms with van der Waals surface area (Å²) in [5, 5.41) is 8.33. The van der Waals surface area contributed by atoms with Gasteiger partial charge in [0.05, 0.1) is 0 Å². The topological polar surface area (TPSA) is 89.3 Å². The van der Waals surface area contributed by atoms with Crippen LogP contribution in [0.2, 0.25) is 0 Å². The van der Waals surface area contributed by atoms with Crippen molar-refractivity contribution in [3.63, 3.8) is 0 Å². The van der Waals surface area contributed by atoms with Crippen LogP contribution in [0.1, 0.15) is 19.3 Å². The number of unbranched alkanes of at least 4 members (excludes halogenated alkanes) is 1. The average Bonchev–Trinajstić information content (AvgIpc) is 1.88. The first-order valence-corrected chi connectivity index (χ1v) is 3.37. The van der Waals surface area contributed by atoms with Gasteiger partial charge in [0, 0.05) is 0 Å². The third kappa shape index (κ3) is 4.29. The van der Waals surface area contributed by atoms with Crippen molar-refractivity contribution in [2.75, 3.05) is 6.54 Å². The number of carboxylic acids is 1. The molecule has 0 aromatic carbocycles. The molecule has 0 saturated carbocycles. The molecule has 0 aliphatic carbocycles. The lowest BCUT2D eigenvalue weighted by molar-refractivity contribution is -0.138. The number of nitrogens with two attached hydrogens (primary N) is 2. The van der Waals surface area contributed by atoms with E-state index in [0.29, 0.717) is 13.0 Å². The third-order valence-corrected chi connectivity index (χ3v) is 1.29. The molecule has 0 saturated heterocycles. The molecular weight excluding hydrogens is 133 g/mol. The van der Waals surface area contributed by atoms with E-state index in [4.69, 9.17) is 16.6 Å². The number of hydrogen-bond donors (Lipinski definition) is 3. The van der Waals surface area contributed by atoms with Crippen LogP contribution in [-0.2, 0) is 4.79 Å². The summed E-state index contributed by atoms with van der Waals surface area (Å²) in [7, 11) is 0. The van der Waals surface area contributed by atoms with Crippen molar-refractivity contribution in [3.05, 3.63) is 0 Å². The fraction of sp³-hybridized carbons (Fsp3) is 0.833. The summed E-state index contributed by atoms with van der Waals surface area (Å²) in [5.41, 5.74) is 10.4. The van der Waals surface area contributed by atoms with Gasteiger partial charge in [0.25, 0.3) is 0 Å². The molecule has 0 fully saturated rings. The smallest absolute Gasteiger partial charge is 0.320 e. The van der Waals surface area contributed by atoms with Gasteiger partial charge in [-0.25, -0.2) is 0 Å². The number of carbonyl (C=O) groups is 1. The van der Waals surface area contributed by atoms with Crippen molar-refractivity contribution in [2.24, 2.45) is 11.5 Å². The maximum absolute atomic E-state index is 10.1. The van der Waals surface area contributed by atoms with Gasteiger partial charge < -0.3 is 16.6 Å². The molecule has 0 aromatic rings. The highest BCUT2D eigenvalue weighted by atomic mass is 16.4. The Hall–Kier alpha value is -0.610. The average molecular weight is 147 g/mol. The van der Waals surface area contributed by atoms with E-state index in [1.165, 1.54) is 0 Å². The summed E-state index contributed by atoms with van der Waals surface area (Å²) < 4.78 is 0. The maximum Gasteiger partial charge on any atom is 0.320 e. The van der Waals surface area contributed by atoms with Gasteiger partial charge in [-0.05, 0) is 19.4 Å². The Morgan fingerprint density at radius 1 is 1.50 bits per heavy atom. The normalized spacial score (nSPS) is 13.0. The quantitative estimate of drug-likeness (QED) is 0.362. The molecule has 0 bridgehead atoms. The van der Waals surface area contributed by atoms with Crippen LogP contribution >= 0.6 is 0 Å². The first-order chi connectivity index (χ1) is 4.68. The van der Waals surface area contributed by atoms with Crippen LogP contribution in [0.3, 0.4) is 0 Å². The predicted octanol–water partition coefficient (Wildman–Crippen LogP) is -0.473. The highest BCUT2D eigenvalue weighted by molar-refractivity contribution is 5.72. The van der Waals surface area contributed by atoms with Crippen LogP contribution in [0.15, 0.2) is 0 Å². The van der Waals surface area contributed by atoms with E-state index < -0.39 is 12.0 Å². The summed E-state index contributed by atoms with van der Waals surface area (Å²) in [6, 6.07) is -0.716. The minimum atomic E-state index is -0.933. The fourth-order valence-corrected chi connectivity index (χ4v) is 0.632. The summed E-state index contributed by atoms with van der Waals surface area (Å²) >= 11 is 0. The third-order valence-electron chi connectivity index (χ3n) is 1.29. The van der Waals surface area contributed by atoms with Crippen molar-refractivity contribution in [2.45, 2.75) is 25.3 Å². The Morgan fingerprint density at radius 3 is 2.50 bits per heavy atom. The summed E-state index contributed by atoms with van der Waals surface area (Å²) in [6.45, 7) is 0.604. The van der Waals surface area contributed by atoms with Crippen LogP contribution < -0.4 is 11.5 Å². The molecule has 1 atom stereocenters. The zero-order valence-electron chi connectivity index (χ0n) is 5.92. The largest absolute Gasteiger partial charge is 0.480 e. The lowest BCUT2D eigenvalue weighted by atomic mass is 10.1. The molecule has 1 unspecified atom stereocenters. The highest BCUT2D eigenvalue weighted by Crippen LogP contribution is 1.96. The van der Waals surface area contributed by atoms with E-state index in [0.717, 1.165) is 12.8 Å². The molecule has 0 aromatic heterocycles. The molecule has 4 nitrogen and oxygen atoms in total. The van der Waals surface area contributed by atoms with Crippen LogP contribution in [-0.4, -0.2) is 23.7 Å². The van der Waals surface area contributed by atoms with E-state index >= 15 is 0 Å². The highest BCUT2D eigenvalue weighted by Gasteiger charge is 2.09. The molecule has 0 aliphatic heterocycles. The van der Waals surface area contributed by atoms with Crippen LogP contribution in [0.5, 0.6) is 0 Å². The SMILES string of the molecule is NC(CCCC[15NH2])C(=O)O. The van der Waals surface area contributed by atoms with E-state index in [1.54, 1.807) is 0 Å². The Balaban J connectivity index is 3.21.